The van der Waals surface area contributed by atoms with Gasteiger partial charge in [0.2, 0.25) is 0 Å². The molecule has 15 heavy (non-hydrogen) atoms. The van der Waals surface area contributed by atoms with E-state index in [1.54, 1.807) is 0 Å². The van der Waals surface area contributed by atoms with Gasteiger partial charge in [0.1, 0.15) is 0 Å². The number of rotatable bonds is 3. The topological polar surface area (TPSA) is 21.6 Å². The van der Waals surface area contributed by atoms with E-state index in [1.165, 1.54) is 0 Å². The van der Waals surface area contributed by atoms with Gasteiger partial charge in [0.05, 0.1) is 5.71 Å². The summed E-state index contributed by atoms with van der Waals surface area (Å²) in [5, 5.41) is 4.08. The van der Waals surface area contributed by atoms with Crippen LogP contribution in [0.5, 0.6) is 0 Å². The van der Waals surface area contributed by atoms with Crippen LogP contribution < -0.4 is 0 Å². The second-order valence-electron chi connectivity index (χ2n) is 3.71. The predicted molar refractivity (Wildman–Crippen MR) is 61.8 cm³/mol. The van der Waals surface area contributed by atoms with Gasteiger partial charge in [-0.15, -0.1) is 0 Å². The minimum absolute atomic E-state index is 0.0762. The summed E-state index contributed by atoms with van der Waals surface area (Å²) in [5.41, 5.74) is 3.13. The van der Waals surface area contributed by atoms with Crippen molar-refractivity contribution < 1.29 is 4.84 Å². The SMILES string of the molecule is C=C1C(CCC)=NOC1c1ccccc1. The standard InChI is InChI=1S/C13H15NO/c1-3-7-12-10(2)13(15-14-12)11-8-5-4-6-9-11/h4-6,8-9,13H,2-3,7H2,1H3. The zero-order valence-electron chi connectivity index (χ0n) is 8.94. The van der Waals surface area contributed by atoms with Gasteiger partial charge in [-0.05, 0) is 12.0 Å². The van der Waals surface area contributed by atoms with Crippen LogP contribution in [0.4, 0.5) is 0 Å². The van der Waals surface area contributed by atoms with Crippen LogP contribution in [-0.4, -0.2) is 5.71 Å². The molecule has 0 amide bonds. The number of hydrogen-bond donors (Lipinski definition) is 0. The van der Waals surface area contributed by atoms with E-state index in [-0.39, 0.29) is 6.10 Å². The zero-order chi connectivity index (χ0) is 10.7. The first-order valence-electron chi connectivity index (χ1n) is 5.29. The molecule has 0 bridgehead atoms. The molecule has 1 aliphatic rings. The maximum absolute atomic E-state index is 5.40. The monoisotopic (exact) mass is 201 g/mol. The number of oxime groups is 1. The third-order valence-electron chi connectivity index (χ3n) is 2.54. The first-order chi connectivity index (χ1) is 7.33. The molecule has 1 aromatic carbocycles. The van der Waals surface area contributed by atoms with Crippen LogP contribution >= 0.6 is 0 Å². The molecule has 2 nitrogen and oxygen atoms in total. The van der Waals surface area contributed by atoms with Gasteiger partial charge in [-0.2, -0.15) is 0 Å². The summed E-state index contributed by atoms with van der Waals surface area (Å²) in [7, 11) is 0. The maximum Gasteiger partial charge on any atom is 0.179 e. The van der Waals surface area contributed by atoms with E-state index in [0.717, 1.165) is 29.7 Å². The highest BCUT2D eigenvalue weighted by atomic mass is 16.6. The molecule has 1 atom stereocenters. The Kier molecular flexibility index (Phi) is 2.86. The highest BCUT2D eigenvalue weighted by molar-refractivity contribution is 6.01. The molecule has 0 N–H and O–H groups in total. The van der Waals surface area contributed by atoms with E-state index in [9.17, 15) is 0 Å². The lowest BCUT2D eigenvalue weighted by molar-refractivity contribution is 0.105. The van der Waals surface area contributed by atoms with Crippen LogP contribution in [0.15, 0.2) is 47.6 Å². The van der Waals surface area contributed by atoms with E-state index >= 15 is 0 Å². The van der Waals surface area contributed by atoms with Crippen LogP contribution in [-0.2, 0) is 4.84 Å². The molecule has 0 spiro atoms. The molecule has 0 aromatic heterocycles. The summed E-state index contributed by atoms with van der Waals surface area (Å²) in [6, 6.07) is 10.1. The summed E-state index contributed by atoms with van der Waals surface area (Å²) in [5.74, 6) is 0. The van der Waals surface area contributed by atoms with Crippen molar-refractivity contribution in [3.8, 4) is 0 Å². The van der Waals surface area contributed by atoms with Crippen LogP contribution in [0.2, 0.25) is 0 Å². The van der Waals surface area contributed by atoms with Crippen molar-refractivity contribution in [2.45, 2.75) is 25.9 Å². The Morgan fingerprint density at radius 2 is 2.07 bits per heavy atom. The average Bonchev–Trinajstić information content (AvgIpc) is 2.63. The van der Waals surface area contributed by atoms with Crippen LogP contribution in [0.3, 0.4) is 0 Å². The molecule has 1 unspecified atom stereocenters. The molecule has 0 saturated heterocycles. The highest BCUT2D eigenvalue weighted by Gasteiger charge is 2.26. The van der Waals surface area contributed by atoms with Gasteiger partial charge in [0.25, 0.3) is 0 Å². The van der Waals surface area contributed by atoms with Crippen molar-refractivity contribution >= 4 is 5.71 Å². The van der Waals surface area contributed by atoms with Crippen molar-refractivity contribution in [1.82, 2.24) is 0 Å². The molecule has 1 heterocycles. The van der Waals surface area contributed by atoms with E-state index in [4.69, 9.17) is 4.84 Å². The summed E-state index contributed by atoms with van der Waals surface area (Å²) in [6.45, 7) is 6.19. The first-order valence-corrected chi connectivity index (χ1v) is 5.29. The summed E-state index contributed by atoms with van der Waals surface area (Å²) in [4.78, 5) is 5.40. The Labute approximate surface area is 90.3 Å². The second kappa shape index (κ2) is 4.30. The minimum atomic E-state index is -0.0762. The third kappa shape index (κ3) is 1.94. The zero-order valence-corrected chi connectivity index (χ0v) is 8.94. The van der Waals surface area contributed by atoms with Crippen molar-refractivity contribution in [3.63, 3.8) is 0 Å². The van der Waals surface area contributed by atoms with Crippen LogP contribution in [0, 0.1) is 0 Å². The Hall–Kier alpha value is -1.57. The molecule has 0 aliphatic carbocycles. The molecule has 0 fully saturated rings. The van der Waals surface area contributed by atoms with Crippen LogP contribution in [0.1, 0.15) is 31.4 Å². The normalized spacial score (nSPS) is 19.9. The maximum atomic E-state index is 5.40. The van der Waals surface area contributed by atoms with Gasteiger partial charge < -0.3 is 4.84 Å². The number of hydrogen-bond acceptors (Lipinski definition) is 2. The third-order valence-corrected chi connectivity index (χ3v) is 2.54. The fraction of sp³-hybridized carbons (Fsp3) is 0.308. The molecule has 0 radical (unpaired) electrons. The second-order valence-corrected chi connectivity index (χ2v) is 3.71. The molecule has 2 heteroatoms. The molecule has 1 aromatic rings. The lowest BCUT2D eigenvalue weighted by Crippen LogP contribution is -2.03. The van der Waals surface area contributed by atoms with Crippen LogP contribution in [0.25, 0.3) is 0 Å². The molecule has 78 valence electrons. The Morgan fingerprint density at radius 1 is 1.33 bits per heavy atom. The largest absolute Gasteiger partial charge is 0.382 e. The fourth-order valence-corrected chi connectivity index (χ4v) is 1.72. The van der Waals surface area contributed by atoms with Crippen molar-refractivity contribution in [1.29, 1.82) is 0 Å². The van der Waals surface area contributed by atoms with Crippen molar-refractivity contribution in [2.24, 2.45) is 5.16 Å². The average molecular weight is 201 g/mol. The summed E-state index contributed by atoms with van der Waals surface area (Å²) < 4.78 is 0. The fourth-order valence-electron chi connectivity index (χ4n) is 1.72. The predicted octanol–water partition coefficient (Wildman–Crippen LogP) is 3.47. The minimum Gasteiger partial charge on any atom is -0.382 e. The van der Waals surface area contributed by atoms with Gasteiger partial charge in [-0.25, -0.2) is 0 Å². The smallest absolute Gasteiger partial charge is 0.179 e. The number of benzene rings is 1. The Balaban J connectivity index is 2.14. The summed E-state index contributed by atoms with van der Waals surface area (Å²) in [6.07, 6.45) is 1.94. The molecule has 0 saturated carbocycles. The molecule has 2 rings (SSSR count). The van der Waals surface area contributed by atoms with E-state index in [1.807, 2.05) is 30.3 Å². The van der Waals surface area contributed by atoms with Gasteiger partial charge in [0.15, 0.2) is 6.10 Å². The highest BCUT2D eigenvalue weighted by Crippen LogP contribution is 2.32. The lowest BCUT2D eigenvalue weighted by atomic mass is 9.98. The first kappa shape index (κ1) is 9.97. The van der Waals surface area contributed by atoms with Gasteiger partial charge in [-0.1, -0.05) is 55.4 Å². The van der Waals surface area contributed by atoms with Gasteiger partial charge in [0, 0.05) is 5.57 Å². The molecular weight excluding hydrogens is 186 g/mol. The van der Waals surface area contributed by atoms with Gasteiger partial charge >= 0.3 is 0 Å². The van der Waals surface area contributed by atoms with E-state index in [0.29, 0.717) is 0 Å². The number of nitrogens with zero attached hydrogens (tertiary/aromatic N) is 1. The van der Waals surface area contributed by atoms with Crippen molar-refractivity contribution in [2.75, 3.05) is 0 Å². The molecule has 1 aliphatic heterocycles. The Bertz CT molecular complexity index is 381. The van der Waals surface area contributed by atoms with E-state index in [2.05, 4.69) is 18.7 Å². The quantitative estimate of drug-likeness (QED) is 0.733. The lowest BCUT2D eigenvalue weighted by Gasteiger charge is -2.09. The Morgan fingerprint density at radius 3 is 2.73 bits per heavy atom. The van der Waals surface area contributed by atoms with Gasteiger partial charge in [-0.3, -0.25) is 0 Å². The molecular formula is C13H15NO. The summed E-state index contributed by atoms with van der Waals surface area (Å²) >= 11 is 0. The van der Waals surface area contributed by atoms with Crippen molar-refractivity contribution in [3.05, 3.63) is 48.0 Å². The van der Waals surface area contributed by atoms with E-state index < -0.39 is 0 Å².